The fourth-order valence-corrected chi connectivity index (χ4v) is 4.54. The average Bonchev–Trinajstić information content (AvgIpc) is 2.74. The third-order valence-corrected chi connectivity index (χ3v) is 7.27. The van der Waals surface area contributed by atoms with E-state index >= 15 is 0 Å². The number of sulfone groups is 1. The fourth-order valence-electron chi connectivity index (χ4n) is 3.91. The van der Waals surface area contributed by atoms with E-state index in [0.29, 0.717) is 30.6 Å². The summed E-state index contributed by atoms with van der Waals surface area (Å²) >= 11 is 0. The Bertz CT molecular complexity index is 925. The van der Waals surface area contributed by atoms with Crippen molar-refractivity contribution in [3.63, 3.8) is 0 Å². The summed E-state index contributed by atoms with van der Waals surface area (Å²) in [6.07, 6.45) is 3.97. The van der Waals surface area contributed by atoms with Crippen molar-refractivity contribution in [1.82, 2.24) is 14.9 Å². The highest BCUT2D eigenvalue weighted by atomic mass is 32.2. The lowest BCUT2D eigenvalue weighted by molar-refractivity contribution is -0.207. The Morgan fingerprint density at radius 2 is 1.79 bits per heavy atom. The maximum absolute atomic E-state index is 12.5. The molecule has 8 nitrogen and oxygen atoms in total. The number of hydrogen-bond acceptors (Lipinski definition) is 7. The molecule has 0 radical (unpaired) electrons. The number of piperazine rings is 1. The van der Waals surface area contributed by atoms with Crippen LogP contribution in [-0.4, -0.2) is 86.7 Å². The summed E-state index contributed by atoms with van der Waals surface area (Å²) in [4.78, 5) is 34.5. The van der Waals surface area contributed by atoms with Crippen molar-refractivity contribution in [2.24, 2.45) is 5.41 Å². The van der Waals surface area contributed by atoms with Crippen molar-refractivity contribution in [3.8, 4) is 0 Å². The number of unbranched alkanes of at least 4 members (excludes halogenated alkanes) is 1. The second-order valence-corrected chi connectivity index (χ2v) is 12.2. The molecule has 1 aliphatic rings. The zero-order chi connectivity index (χ0) is 25.5. The first-order chi connectivity index (χ1) is 15.8. The Labute approximate surface area is 205 Å². The summed E-state index contributed by atoms with van der Waals surface area (Å²) in [6.45, 7) is 13.5. The Hall–Kier alpha value is -1.97. The smallest absolute Gasteiger partial charge is 0.330 e. The molecule has 1 atom stereocenters. The number of carbonyl (C=O) groups excluding carboxylic acids is 2. The van der Waals surface area contributed by atoms with E-state index in [-0.39, 0.29) is 18.4 Å². The average molecular weight is 496 g/mol. The number of hydrogen-bond donors (Lipinski definition) is 0. The van der Waals surface area contributed by atoms with Gasteiger partial charge in [0.25, 0.3) is 0 Å². The minimum atomic E-state index is -3.17. The quantitative estimate of drug-likeness (QED) is 0.436. The zero-order valence-electron chi connectivity index (χ0n) is 21.5. The number of nitrogens with zero attached hydrogens (tertiary/aromatic N) is 3. The number of likely N-dealkylation sites (N-methyl/N-ethyl adjacent to an activating group) is 1. The van der Waals surface area contributed by atoms with E-state index in [1.165, 1.54) is 11.3 Å². The van der Waals surface area contributed by atoms with Crippen LogP contribution in [0.1, 0.15) is 53.0 Å². The van der Waals surface area contributed by atoms with Crippen molar-refractivity contribution in [3.05, 3.63) is 29.8 Å². The molecule has 1 fully saturated rings. The number of hydroxylamine groups is 2. The van der Waals surface area contributed by atoms with Crippen LogP contribution in [0.15, 0.2) is 29.2 Å². The molecule has 1 aliphatic heterocycles. The number of benzene rings is 1. The van der Waals surface area contributed by atoms with Crippen LogP contribution in [0.2, 0.25) is 0 Å². The van der Waals surface area contributed by atoms with Gasteiger partial charge >= 0.3 is 5.97 Å². The topological polar surface area (TPSA) is 87.2 Å². The van der Waals surface area contributed by atoms with Crippen molar-refractivity contribution >= 4 is 21.7 Å². The fraction of sp³-hybridized carbons (Fsp3) is 0.680. The minimum absolute atomic E-state index is 0.00813. The van der Waals surface area contributed by atoms with E-state index < -0.39 is 15.3 Å². The monoisotopic (exact) mass is 495 g/mol. The van der Waals surface area contributed by atoms with Gasteiger partial charge in [-0.1, -0.05) is 19.1 Å². The summed E-state index contributed by atoms with van der Waals surface area (Å²) in [6, 6.07) is 7.47. The molecule has 34 heavy (non-hydrogen) atoms. The van der Waals surface area contributed by atoms with Crippen molar-refractivity contribution < 1.29 is 22.8 Å². The maximum Gasteiger partial charge on any atom is 0.330 e. The first kappa shape index (κ1) is 28.3. The summed E-state index contributed by atoms with van der Waals surface area (Å²) in [5, 5.41) is 1.47. The van der Waals surface area contributed by atoms with E-state index in [1.807, 2.05) is 17.0 Å². The molecule has 0 bridgehead atoms. The largest absolute Gasteiger partial charge is 0.367 e. The van der Waals surface area contributed by atoms with Crippen LogP contribution in [0.5, 0.6) is 0 Å². The van der Waals surface area contributed by atoms with Crippen molar-refractivity contribution in [2.45, 2.75) is 64.8 Å². The number of rotatable bonds is 11. The molecule has 0 spiro atoms. The predicted octanol–water partition coefficient (Wildman–Crippen LogP) is 2.77. The minimum Gasteiger partial charge on any atom is -0.367 e. The Morgan fingerprint density at radius 3 is 2.32 bits per heavy atom. The van der Waals surface area contributed by atoms with Crippen LogP contribution in [-0.2, 0) is 30.7 Å². The molecule has 1 heterocycles. The highest BCUT2D eigenvalue weighted by Gasteiger charge is 2.30. The first-order valence-corrected chi connectivity index (χ1v) is 14.0. The van der Waals surface area contributed by atoms with Gasteiger partial charge in [-0.2, -0.15) is 0 Å². The number of amides is 1. The van der Waals surface area contributed by atoms with Crippen LogP contribution in [0.4, 0.5) is 0 Å². The lowest BCUT2D eigenvalue weighted by Crippen LogP contribution is -2.51. The SMILES string of the molecule is CCN(CCCCN1CCN(OC(=O)C(C)(C)C)CC1=O)C(C)Cc1ccc(S(C)(=O)=O)cc1. The van der Waals surface area contributed by atoms with Gasteiger partial charge in [0.2, 0.25) is 5.91 Å². The Kier molecular flexibility index (Phi) is 10.1. The third kappa shape index (κ3) is 8.67. The molecular weight excluding hydrogens is 454 g/mol. The summed E-state index contributed by atoms with van der Waals surface area (Å²) in [5.74, 6) is -0.333. The van der Waals surface area contributed by atoms with E-state index in [4.69, 9.17) is 4.84 Å². The molecular formula is C25H41N3O5S. The maximum atomic E-state index is 12.5. The van der Waals surface area contributed by atoms with Gasteiger partial charge in [-0.25, -0.2) is 13.2 Å². The van der Waals surface area contributed by atoms with E-state index in [9.17, 15) is 18.0 Å². The molecule has 1 saturated heterocycles. The third-order valence-electron chi connectivity index (χ3n) is 6.14. The van der Waals surface area contributed by atoms with Gasteiger partial charge in [0.1, 0.15) is 6.54 Å². The van der Waals surface area contributed by atoms with Crippen molar-refractivity contribution in [2.75, 3.05) is 45.5 Å². The highest BCUT2D eigenvalue weighted by molar-refractivity contribution is 7.90. The van der Waals surface area contributed by atoms with Crippen LogP contribution in [0.3, 0.4) is 0 Å². The lowest BCUT2D eigenvalue weighted by Gasteiger charge is -2.34. The summed E-state index contributed by atoms with van der Waals surface area (Å²) in [5.41, 5.74) is 0.524. The van der Waals surface area contributed by atoms with Crippen molar-refractivity contribution in [1.29, 1.82) is 0 Å². The predicted molar refractivity (Wildman–Crippen MR) is 133 cm³/mol. The second-order valence-electron chi connectivity index (χ2n) is 10.2. The standard InChI is InChI=1S/C25H41N3O5S/c1-7-26(20(2)18-21-10-12-22(13-11-21)34(6,31)32)14-8-9-15-27-16-17-28(19-23(27)29)33-24(30)25(3,4)5/h10-13,20H,7-9,14-19H2,1-6H3. The molecule has 1 aromatic rings. The van der Waals surface area contributed by atoms with Gasteiger partial charge < -0.3 is 14.6 Å². The molecule has 0 aliphatic carbocycles. The van der Waals surface area contributed by atoms with Crippen LogP contribution < -0.4 is 0 Å². The molecule has 0 aromatic heterocycles. The molecule has 0 N–H and O–H groups in total. The first-order valence-electron chi connectivity index (χ1n) is 12.1. The molecule has 192 valence electrons. The summed E-state index contributed by atoms with van der Waals surface area (Å²) < 4.78 is 23.3. The van der Waals surface area contributed by atoms with E-state index in [0.717, 1.165) is 37.9 Å². The van der Waals surface area contributed by atoms with Gasteiger partial charge in [-0.15, -0.1) is 5.06 Å². The van der Waals surface area contributed by atoms with Gasteiger partial charge in [-0.05, 0) is 77.7 Å². The summed E-state index contributed by atoms with van der Waals surface area (Å²) in [7, 11) is -3.17. The van der Waals surface area contributed by atoms with Crippen LogP contribution in [0, 0.1) is 5.41 Å². The van der Waals surface area contributed by atoms with Gasteiger partial charge in [0.15, 0.2) is 9.84 Å². The van der Waals surface area contributed by atoms with Gasteiger partial charge in [0.05, 0.1) is 16.9 Å². The lowest BCUT2D eigenvalue weighted by atomic mass is 9.98. The molecule has 0 saturated carbocycles. The molecule has 9 heteroatoms. The molecule has 1 aromatic carbocycles. The van der Waals surface area contributed by atoms with Crippen LogP contribution >= 0.6 is 0 Å². The van der Waals surface area contributed by atoms with E-state index in [2.05, 4.69) is 18.7 Å². The Morgan fingerprint density at radius 1 is 1.15 bits per heavy atom. The van der Waals surface area contributed by atoms with Gasteiger partial charge in [-0.3, -0.25) is 4.79 Å². The zero-order valence-corrected chi connectivity index (χ0v) is 22.4. The normalized spacial score (nSPS) is 16.7. The van der Waals surface area contributed by atoms with Gasteiger partial charge in [0, 0.05) is 25.4 Å². The highest BCUT2D eigenvalue weighted by Crippen LogP contribution is 2.18. The molecule has 1 amide bonds. The van der Waals surface area contributed by atoms with Crippen LogP contribution in [0.25, 0.3) is 0 Å². The molecule has 2 rings (SSSR count). The second kappa shape index (κ2) is 12.1. The Balaban J connectivity index is 1.73. The molecule has 1 unspecified atom stereocenters. The number of carbonyl (C=O) groups is 2. The van der Waals surface area contributed by atoms with E-state index in [1.54, 1.807) is 32.9 Å².